The number of piperidine rings is 1. The van der Waals surface area contributed by atoms with Crippen LogP contribution in [0.25, 0.3) is 10.2 Å². The Labute approximate surface area is 171 Å². The van der Waals surface area contributed by atoms with E-state index in [0.717, 1.165) is 30.1 Å². The monoisotopic (exact) mass is 397 g/mol. The van der Waals surface area contributed by atoms with Gasteiger partial charge in [0.15, 0.2) is 0 Å². The smallest absolute Gasteiger partial charge is 0.227 e. The number of carbonyl (C=O) groups excluding carboxylic acids is 1. The van der Waals surface area contributed by atoms with E-state index in [-0.39, 0.29) is 11.8 Å². The molecule has 2 aliphatic carbocycles. The fourth-order valence-electron chi connectivity index (χ4n) is 5.18. The van der Waals surface area contributed by atoms with Crippen LogP contribution in [0.15, 0.2) is 18.2 Å². The zero-order valence-electron chi connectivity index (χ0n) is 16.7. The zero-order chi connectivity index (χ0) is 18.9. The Bertz CT molecular complexity index is 829. The standard InChI is InChI=1S/C23H31N3OS/c27-22(16-7-3-1-4-8-16)24-18-9-10-20-21(15-18)28-23(25-20)17-13-19(14-17)26-11-5-2-6-12-26/h9-10,15-17,19H,1-8,11-14H2,(H,24,27)/t17-,19+. The quantitative estimate of drug-likeness (QED) is 0.736. The molecule has 0 bridgehead atoms. The maximum Gasteiger partial charge on any atom is 0.227 e. The Morgan fingerprint density at radius 3 is 2.57 bits per heavy atom. The number of rotatable bonds is 4. The van der Waals surface area contributed by atoms with Crippen molar-refractivity contribution in [2.75, 3.05) is 18.4 Å². The molecule has 150 valence electrons. The number of thiazole rings is 1. The molecule has 1 amide bonds. The average Bonchev–Trinajstić information content (AvgIpc) is 3.11. The van der Waals surface area contributed by atoms with Crippen LogP contribution in [0.1, 0.15) is 75.1 Å². The van der Waals surface area contributed by atoms with Crippen LogP contribution < -0.4 is 5.32 Å². The molecule has 1 aromatic heterocycles. The Kier molecular flexibility index (Phi) is 5.38. The highest BCUT2D eigenvalue weighted by atomic mass is 32.1. The second-order valence-electron chi connectivity index (χ2n) is 8.98. The number of nitrogens with one attached hydrogen (secondary N) is 1. The average molecular weight is 398 g/mol. The molecule has 4 nitrogen and oxygen atoms in total. The van der Waals surface area contributed by atoms with Crippen molar-refractivity contribution in [3.8, 4) is 0 Å². The number of nitrogens with zero attached hydrogens (tertiary/aromatic N) is 2. The second kappa shape index (κ2) is 8.11. The topological polar surface area (TPSA) is 45.2 Å². The molecular formula is C23H31N3OS. The summed E-state index contributed by atoms with van der Waals surface area (Å²) in [6.45, 7) is 2.59. The summed E-state index contributed by atoms with van der Waals surface area (Å²) >= 11 is 1.83. The molecule has 1 N–H and O–H groups in total. The van der Waals surface area contributed by atoms with Crippen LogP contribution in [0.5, 0.6) is 0 Å². The van der Waals surface area contributed by atoms with Crippen LogP contribution in [-0.4, -0.2) is 34.9 Å². The molecule has 5 heteroatoms. The fourth-order valence-corrected chi connectivity index (χ4v) is 6.31. The molecule has 3 aliphatic rings. The van der Waals surface area contributed by atoms with Gasteiger partial charge in [-0.2, -0.15) is 0 Å². The summed E-state index contributed by atoms with van der Waals surface area (Å²) < 4.78 is 1.21. The third-order valence-electron chi connectivity index (χ3n) is 7.02. The summed E-state index contributed by atoms with van der Waals surface area (Å²) in [5, 5.41) is 4.44. The number of aromatic nitrogens is 1. The van der Waals surface area contributed by atoms with Gasteiger partial charge >= 0.3 is 0 Å². The van der Waals surface area contributed by atoms with Crippen molar-refractivity contribution in [1.82, 2.24) is 9.88 Å². The van der Waals surface area contributed by atoms with Crippen LogP contribution in [0, 0.1) is 5.92 Å². The van der Waals surface area contributed by atoms with Gasteiger partial charge in [0.25, 0.3) is 0 Å². The lowest BCUT2D eigenvalue weighted by atomic mass is 9.79. The number of benzene rings is 1. The van der Waals surface area contributed by atoms with Gasteiger partial charge in [0, 0.05) is 23.6 Å². The number of fused-ring (bicyclic) bond motifs is 1. The molecular weight excluding hydrogens is 366 g/mol. The molecule has 2 aromatic rings. The van der Waals surface area contributed by atoms with E-state index in [1.165, 1.54) is 74.2 Å². The predicted molar refractivity (Wildman–Crippen MR) is 116 cm³/mol. The van der Waals surface area contributed by atoms with E-state index in [1.807, 2.05) is 17.4 Å². The molecule has 0 atom stereocenters. The first-order chi connectivity index (χ1) is 13.8. The highest BCUT2D eigenvalue weighted by Crippen LogP contribution is 2.43. The number of carbonyl (C=O) groups is 1. The lowest BCUT2D eigenvalue weighted by molar-refractivity contribution is -0.120. The van der Waals surface area contributed by atoms with Gasteiger partial charge in [0.05, 0.1) is 15.2 Å². The van der Waals surface area contributed by atoms with Gasteiger partial charge < -0.3 is 10.2 Å². The van der Waals surface area contributed by atoms with E-state index in [0.29, 0.717) is 5.92 Å². The molecule has 1 aromatic carbocycles. The van der Waals surface area contributed by atoms with Crippen molar-refractivity contribution >= 4 is 33.1 Å². The van der Waals surface area contributed by atoms with Crippen molar-refractivity contribution in [3.63, 3.8) is 0 Å². The number of amides is 1. The fraction of sp³-hybridized carbons (Fsp3) is 0.652. The minimum atomic E-state index is 0.197. The van der Waals surface area contributed by atoms with Gasteiger partial charge in [0.1, 0.15) is 0 Å². The third kappa shape index (κ3) is 3.84. The van der Waals surface area contributed by atoms with E-state index in [1.54, 1.807) is 0 Å². The summed E-state index contributed by atoms with van der Waals surface area (Å²) in [6.07, 6.45) is 12.4. The lowest BCUT2D eigenvalue weighted by Gasteiger charge is -2.43. The van der Waals surface area contributed by atoms with Crippen molar-refractivity contribution < 1.29 is 4.79 Å². The first-order valence-corrected chi connectivity index (χ1v) is 12.0. The Hall–Kier alpha value is -1.46. The van der Waals surface area contributed by atoms with E-state index in [9.17, 15) is 4.79 Å². The molecule has 2 saturated carbocycles. The first-order valence-electron chi connectivity index (χ1n) is 11.2. The maximum absolute atomic E-state index is 12.5. The second-order valence-corrected chi connectivity index (χ2v) is 10.0. The van der Waals surface area contributed by atoms with Crippen molar-refractivity contribution in [2.24, 2.45) is 5.92 Å². The van der Waals surface area contributed by atoms with E-state index >= 15 is 0 Å². The van der Waals surface area contributed by atoms with Crippen LogP contribution >= 0.6 is 11.3 Å². The van der Waals surface area contributed by atoms with Crippen LogP contribution in [0.4, 0.5) is 5.69 Å². The van der Waals surface area contributed by atoms with E-state index < -0.39 is 0 Å². The zero-order valence-corrected chi connectivity index (χ0v) is 17.5. The predicted octanol–water partition coefficient (Wildman–Crippen LogP) is 5.55. The highest BCUT2D eigenvalue weighted by Gasteiger charge is 2.36. The molecule has 0 unspecified atom stereocenters. The van der Waals surface area contributed by atoms with Gasteiger partial charge in [-0.3, -0.25) is 4.79 Å². The normalized spacial score (nSPS) is 26.9. The van der Waals surface area contributed by atoms with Crippen molar-refractivity contribution in [1.29, 1.82) is 0 Å². The number of likely N-dealkylation sites (tertiary alicyclic amines) is 1. The van der Waals surface area contributed by atoms with Crippen LogP contribution in [0.2, 0.25) is 0 Å². The summed E-state index contributed by atoms with van der Waals surface area (Å²) in [5.74, 6) is 1.03. The molecule has 28 heavy (non-hydrogen) atoms. The summed E-state index contributed by atoms with van der Waals surface area (Å²) in [5.41, 5.74) is 2.01. The molecule has 2 heterocycles. The van der Waals surface area contributed by atoms with Gasteiger partial charge in [-0.05, 0) is 69.8 Å². The van der Waals surface area contributed by atoms with Gasteiger partial charge in [-0.15, -0.1) is 11.3 Å². The third-order valence-corrected chi connectivity index (χ3v) is 8.20. The molecule has 0 radical (unpaired) electrons. The summed E-state index contributed by atoms with van der Waals surface area (Å²) in [4.78, 5) is 20.1. The SMILES string of the molecule is O=C(Nc1ccc2nc([C@H]3C[C@@H](N4CCCCC4)C3)sc2c1)C1CCCCC1. The molecule has 1 aliphatic heterocycles. The summed E-state index contributed by atoms with van der Waals surface area (Å²) in [7, 11) is 0. The Morgan fingerprint density at radius 1 is 1.04 bits per heavy atom. The lowest BCUT2D eigenvalue weighted by Crippen LogP contribution is -2.46. The number of hydrogen-bond acceptors (Lipinski definition) is 4. The molecule has 1 saturated heterocycles. The first kappa shape index (κ1) is 18.6. The molecule has 5 rings (SSSR count). The van der Waals surface area contributed by atoms with Gasteiger partial charge in [0.2, 0.25) is 5.91 Å². The molecule has 3 fully saturated rings. The molecule has 0 spiro atoms. The minimum absolute atomic E-state index is 0.197. The van der Waals surface area contributed by atoms with Gasteiger partial charge in [-0.25, -0.2) is 4.98 Å². The van der Waals surface area contributed by atoms with E-state index in [4.69, 9.17) is 4.98 Å². The van der Waals surface area contributed by atoms with Crippen LogP contribution in [-0.2, 0) is 4.79 Å². The van der Waals surface area contributed by atoms with Crippen molar-refractivity contribution in [3.05, 3.63) is 23.2 Å². The number of hydrogen-bond donors (Lipinski definition) is 1. The minimum Gasteiger partial charge on any atom is -0.326 e. The Morgan fingerprint density at radius 2 is 1.79 bits per heavy atom. The van der Waals surface area contributed by atoms with Crippen molar-refractivity contribution in [2.45, 2.75) is 76.2 Å². The highest BCUT2D eigenvalue weighted by molar-refractivity contribution is 7.18. The van der Waals surface area contributed by atoms with Crippen LogP contribution in [0.3, 0.4) is 0 Å². The number of anilines is 1. The van der Waals surface area contributed by atoms with E-state index in [2.05, 4.69) is 22.3 Å². The Balaban J connectivity index is 1.22. The summed E-state index contributed by atoms with van der Waals surface area (Å²) in [6, 6.07) is 7.00. The maximum atomic E-state index is 12.5. The largest absolute Gasteiger partial charge is 0.326 e. The van der Waals surface area contributed by atoms with Gasteiger partial charge in [-0.1, -0.05) is 25.7 Å².